The molecule has 2 N–H and O–H groups in total. The van der Waals surface area contributed by atoms with Crippen LogP contribution in [-0.4, -0.2) is 65.5 Å². The van der Waals surface area contributed by atoms with Gasteiger partial charge in [0.25, 0.3) is 5.91 Å². The van der Waals surface area contributed by atoms with Gasteiger partial charge in [0.15, 0.2) is 0 Å². The van der Waals surface area contributed by atoms with E-state index in [1.54, 1.807) is 0 Å². The van der Waals surface area contributed by atoms with Gasteiger partial charge in [0.2, 0.25) is 0 Å². The molecule has 1 unspecified atom stereocenters. The third-order valence-electron chi connectivity index (χ3n) is 8.91. The molecule has 2 aromatic carbocycles. The van der Waals surface area contributed by atoms with E-state index in [4.69, 9.17) is 20.4 Å². The summed E-state index contributed by atoms with van der Waals surface area (Å²) in [6.07, 6.45) is 7.08. The van der Waals surface area contributed by atoms with E-state index < -0.39 is 0 Å². The van der Waals surface area contributed by atoms with Crippen LogP contribution in [-0.2, 0) is 13.1 Å². The molecule has 3 heterocycles. The maximum Gasteiger partial charge on any atom is 0.318 e. The van der Waals surface area contributed by atoms with Crippen molar-refractivity contribution in [3.05, 3.63) is 52.7 Å². The second-order valence-electron chi connectivity index (χ2n) is 12.6. The fourth-order valence-electron chi connectivity index (χ4n) is 6.64. The maximum atomic E-state index is 14.1. The van der Waals surface area contributed by atoms with Gasteiger partial charge in [-0.1, -0.05) is 31.0 Å². The molecule has 212 valence electrons. The Bertz CT molecular complexity index is 1430. The first kappa shape index (κ1) is 26.8. The van der Waals surface area contributed by atoms with E-state index in [9.17, 15) is 4.79 Å². The summed E-state index contributed by atoms with van der Waals surface area (Å²) >= 11 is 0. The van der Waals surface area contributed by atoms with Crippen molar-refractivity contribution >= 4 is 28.2 Å². The molecule has 6 rings (SSSR count). The number of aryl methyl sites for hydroxylation is 1. The van der Waals surface area contributed by atoms with Gasteiger partial charge in [-0.2, -0.15) is 9.97 Å². The SMILES string of the molecule is Cc1cccc2cc(N)cc(C(=O)N3Cc4nc(OCC5(CN(C)C)CC5)nc(N5CCCCCC5C)c4C3)c12. The molecule has 1 amide bonds. The molecule has 0 bridgehead atoms. The van der Waals surface area contributed by atoms with Gasteiger partial charge < -0.3 is 25.2 Å². The van der Waals surface area contributed by atoms with Gasteiger partial charge in [0.05, 0.1) is 25.4 Å². The smallest absolute Gasteiger partial charge is 0.318 e. The van der Waals surface area contributed by atoms with Crippen LogP contribution in [0.3, 0.4) is 0 Å². The number of hydrogen-bond donors (Lipinski definition) is 1. The van der Waals surface area contributed by atoms with Crippen LogP contribution < -0.4 is 15.4 Å². The van der Waals surface area contributed by atoms with Gasteiger partial charge in [-0.25, -0.2) is 0 Å². The van der Waals surface area contributed by atoms with E-state index in [0.717, 1.165) is 59.3 Å². The first-order valence-electron chi connectivity index (χ1n) is 14.8. The number of ether oxygens (including phenoxy) is 1. The van der Waals surface area contributed by atoms with Crippen LogP contribution in [0.5, 0.6) is 6.01 Å². The van der Waals surface area contributed by atoms with Crippen LogP contribution in [0.15, 0.2) is 30.3 Å². The van der Waals surface area contributed by atoms with Gasteiger partial charge in [0.1, 0.15) is 5.82 Å². The molecular formula is C32H42N6O2. The summed E-state index contributed by atoms with van der Waals surface area (Å²) < 4.78 is 6.33. The quantitative estimate of drug-likeness (QED) is 0.412. The number of rotatable bonds is 7. The summed E-state index contributed by atoms with van der Waals surface area (Å²) in [5.74, 6) is 0.917. The zero-order valence-corrected chi connectivity index (χ0v) is 24.4. The highest BCUT2D eigenvalue weighted by Gasteiger charge is 2.44. The summed E-state index contributed by atoms with van der Waals surface area (Å²) in [5, 5.41) is 1.95. The van der Waals surface area contributed by atoms with Crippen molar-refractivity contribution < 1.29 is 9.53 Å². The Morgan fingerprint density at radius 2 is 1.98 bits per heavy atom. The first-order chi connectivity index (χ1) is 19.2. The number of nitrogens with zero attached hydrogens (tertiary/aromatic N) is 5. The third-order valence-corrected chi connectivity index (χ3v) is 8.91. The number of carbonyl (C=O) groups is 1. The van der Waals surface area contributed by atoms with Crippen molar-refractivity contribution in [3.63, 3.8) is 0 Å². The van der Waals surface area contributed by atoms with Gasteiger partial charge in [-0.3, -0.25) is 4.79 Å². The fraction of sp³-hybridized carbons (Fsp3) is 0.531. The van der Waals surface area contributed by atoms with E-state index in [2.05, 4.69) is 30.8 Å². The standard InChI is InChI=1S/C32H42N6O2/c1-21-9-8-11-23-15-24(33)16-25(28(21)23)30(39)37-17-26-27(18-37)34-31(40-20-32(12-13-32)19-36(3)4)35-29(26)38-14-7-5-6-10-22(38)2/h8-9,11,15-16,22H,5-7,10,12-14,17-20,33H2,1-4H3. The van der Waals surface area contributed by atoms with E-state index in [1.165, 1.54) is 25.7 Å². The van der Waals surface area contributed by atoms with Crippen LogP contribution in [0.25, 0.3) is 10.8 Å². The Kier molecular flexibility index (Phi) is 7.07. The topological polar surface area (TPSA) is 87.8 Å². The molecule has 1 saturated carbocycles. The average Bonchev–Trinajstić information content (AvgIpc) is 3.59. The molecule has 1 aromatic heterocycles. The summed E-state index contributed by atoms with van der Waals surface area (Å²) in [6.45, 7) is 7.84. The molecule has 1 atom stereocenters. The molecule has 3 aromatic rings. The Hall–Kier alpha value is -3.39. The lowest BCUT2D eigenvalue weighted by atomic mass is 9.98. The molecule has 2 aliphatic heterocycles. The Labute approximate surface area is 237 Å². The van der Waals surface area contributed by atoms with Gasteiger partial charge in [0, 0.05) is 41.4 Å². The molecule has 0 spiro atoms. The number of fused-ring (bicyclic) bond motifs is 2. The van der Waals surface area contributed by atoms with E-state index in [1.807, 2.05) is 42.2 Å². The van der Waals surface area contributed by atoms with E-state index >= 15 is 0 Å². The average molecular weight is 543 g/mol. The number of hydrogen-bond acceptors (Lipinski definition) is 7. The van der Waals surface area contributed by atoms with E-state index in [-0.39, 0.29) is 11.3 Å². The summed E-state index contributed by atoms with van der Waals surface area (Å²) in [6, 6.07) is 10.6. The van der Waals surface area contributed by atoms with Crippen LogP contribution in [0.2, 0.25) is 0 Å². The van der Waals surface area contributed by atoms with Crippen LogP contribution in [0.1, 0.15) is 72.6 Å². The highest BCUT2D eigenvalue weighted by atomic mass is 16.5. The number of nitrogens with two attached hydrogens (primary N) is 1. The lowest BCUT2D eigenvalue weighted by molar-refractivity contribution is 0.0752. The highest BCUT2D eigenvalue weighted by Crippen LogP contribution is 2.46. The highest BCUT2D eigenvalue weighted by molar-refractivity contribution is 6.09. The van der Waals surface area contributed by atoms with Crippen molar-refractivity contribution in [1.82, 2.24) is 19.8 Å². The lowest BCUT2D eigenvalue weighted by Crippen LogP contribution is -2.34. The minimum atomic E-state index is -0.0233. The summed E-state index contributed by atoms with van der Waals surface area (Å²) in [5.41, 5.74) is 10.7. The Balaban J connectivity index is 1.33. The summed E-state index contributed by atoms with van der Waals surface area (Å²) in [4.78, 5) is 30.6. The lowest BCUT2D eigenvalue weighted by Gasteiger charge is -2.30. The second kappa shape index (κ2) is 10.5. The van der Waals surface area contributed by atoms with Crippen molar-refractivity contribution in [2.75, 3.05) is 44.4 Å². The summed E-state index contributed by atoms with van der Waals surface area (Å²) in [7, 11) is 4.23. The third kappa shape index (κ3) is 5.21. The molecule has 1 aliphatic carbocycles. The number of nitrogen functional groups attached to an aromatic ring is 1. The number of aromatic nitrogens is 2. The normalized spacial score (nSPS) is 20.1. The number of amides is 1. The van der Waals surface area contributed by atoms with Gasteiger partial charge >= 0.3 is 6.01 Å². The molecule has 1 saturated heterocycles. The monoisotopic (exact) mass is 542 g/mol. The number of anilines is 2. The van der Waals surface area contributed by atoms with Crippen molar-refractivity contribution in [2.24, 2.45) is 5.41 Å². The predicted molar refractivity (Wildman–Crippen MR) is 160 cm³/mol. The Morgan fingerprint density at radius 1 is 1.15 bits per heavy atom. The molecule has 8 heteroatoms. The van der Waals surface area contributed by atoms with Crippen molar-refractivity contribution in [1.29, 1.82) is 0 Å². The van der Waals surface area contributed by atoms with Crippen LogP contribution in [0.4, 0.5) is 11.5 Å². The number of benzene rings is 2. The zero-order chi connectivity index (χ0) is 28.0. The minimum absolute atomic E-state index is 0.0233. The Morgan fingerprint density at radius 3 is 2.75 bits per heavy atom. The largest absolute Gasteiger partial charge is 0.463 e. The number of carbonyl (C=O) groups excluding carboxylic acids is 1. The second-order valence-corrected chi connectivity index (χ2v) is 12.6. The molecule has 2 fully saturated rings. The minimum Gasteiger partial charge on any atom is -0.463 e. The molecule has 3 aliphatic rings. The van der Waals surface area contributed by atoms with Crippen molar-refractivity contribution in [3.8, 4) is 6.01 Å². The maximum absolute atomic E-state index is 14.1. The van der Waals surface area contributed by atoms with Crippen molar-refractivity contribution in [2.45, 2.75) is 71.5 Å². The zero-order valence-electron chi connectivity index (χ0n) is 24.4. The molecule has 8 nitrogen and oxygen atoms in total. The molecule has 0 radical (unpaired) electrons. The predicted octanol–water partition coefficient (Wildman–Crippen LogP) is 5.17. The van der Waals surface area contributed by atoms with Crippen LogP contribution in [0, 0.1) is 12.3 Å². The van der Waals surface area contributed by atoms with E-state index in [0.29, 0.717) is 43.0 Å². The molecular weight excluding hydrogens is 500 g/mol. The van der Waals surface area contributed by atoms with Gasteiger partial charge in [-0.15, -0.1) is 0 Å². The first-order valence-corrected chi connectivity index (χ1v) is 14.8. The fourth-order valence-corrected chi connectivity index (χ4v) is 6.64. The van der Waals surface area contributed by atoms with Gasteiger partial charge in [-0.05, 0) is 82.1 Å². The molecule has 40 heavy (non-hydrogen) atoms. The van der Waals surface area contributed by atoms with Crippen LogP contribution >= 0.6 is 0 Å².